The molecule has 3 rings (SSSR count). The molecule has 1 aliphatic rings. The number of hydrogen-bond donors (Lipinski definition) is 3. The Morgan fingerprint density at radius 1 is 1.04 bits per heavy atom. The SMILES string of the molecule is CC(=O)Nc1nnc(C2CCC(c3nnc(NC(C)O)s3)CC2)s1. The predicted octanol–water partition coefficient (Wildman–Crippen LogP) is 2.54. The lowest BCUT2D eigenvalue weighted by molar-refractivity contribution is -0.114. The van der Waals surface area contributed by atoms with Gasteiger partial charge in [-0.15, -0.1) is 20.4 Å². The average molecular weight is 368 g/mol. The van der Waals surface area contributed by atoms with E-state index in [0.717, 1.165) is 35.7 Å². The molecular formula is C14H20N6O2S2. The maximum Gasteiger partial charge on any atom is 0.223 e. The first-order valence-corrected chi connectivity index (χ1v) is 9.53. The number of nitrogens with one attached hydrogen (secondary N) is 2. The zero-order valence-electron chi connectivity index (χ0n) is 13.5. The van der Waals surface area contributed by atoms with Crippen LogP contribution in [0.3, 0.4) is 0 Å². The van der Waals surface area contributed by atoms with Gasteiger partial charge in [0.2, 0.25) is 16.2 Å². The highest BCUT2D eigenvalue weighted by molar-refractivity contribution is 7.15. The van der Waals surface area contributed by atoms with Gasteiger partial charge in [-0.05, 0) is 32.6 Å². The molecule has 0 radical (unpaired) electrons. The predicted molar refractivity (Wildman–Crippen MR) is 93.4 cm³/mol. The summed E-state index contributed by atoms with van der Waals surface area (Å²) in [6.45, 7) is 3.12. The number of aromatic nitrogens is 4. The van der Waals surface area contributed by atoms with E-state index < -0.39 is 6.23 Å². The molecule has 1 amide bonds. The Labute approximate surface area is 147 Å². The lowest BCUT2D eigenvalue weighted by Gasteiger charge is -2.25. The van der Waals surface area contributed by atoms with Crippen LogP contribution >= 0.6 is 22.7 Å². The van der Waals surface area contributed by atoms with Gasteiger partial charge in [0.25, 0.3) is 0 Å². The molecule has 2 heterocycles. The van der Waals surface area contributed by atoms with Crippen molar-refractivity contribution in [2.24, 2.45) is 0 Å². The largest absolute Gasteiger partial charge is 0.374 e. The molecule has 1 aliphatic carbocycles. The van der Waals surface area contributed by atoms with Crippen molar-refractivity contribution in [2.45, 2.75) is 57.6 Å². The lowest BCUT2D eigenvalue weighted by atomic mass is 9.83. The van der Waals surface area contributed by atoms with Crippen LogP contribution in [0.4, 0.5) is 10.3 Å². The summed E-state index contributed by atoms with van der Waals surface area (Å²) in [7, 11) is 0. The summed E-state index contributed by atoms with van der Waals surface area (Å²) < 4.78 is 0. The molecule has 0 saturated heterocycles. The highest BCUT2D eigenvalue weighted by atomic mass is 32.1. The fraction of sp³-hybridized carbons (Fsp3) is 0.643. The van der Waals surface area contributed by atoms with E-state index in [1.807, 2.05) is 0 Å². The molecule has 8 nitrogen and oxygen atoms in total. The van der Waals surface area contributed by atoms with Gasteiger partial charge in [-0.2, -0.15) is 0 Å². The molecule has 10 heteroatoms. The zero-order valence-corrected chi connectivity index (χ0v) is 15.2. The number of anilines is 2. The van der Waals surface area contributed by atoms with Gasteiger partial charge in [0.05, 0.1) is 0 Å². The van der Waals surface area contributed by atoms with E-state index in [1.54, 1.807) is 6.92 Å². The van der Waals surface area contributed by atoms with Crippen molar-refractivity contribution in [1.82, 2.24) is 20.4 Å². The lowest BCUT2D eigenvalue weighted by Crippen LogP contribution is -2.12. The Kier molecular flexibility index (Phi) is 5.36. The van der Waals surface area contributed by atoms with Crippen LogP contribution in [0.1, 0.15) is 61.4 Å². The van der Waals surface area contributed by atoms with Crippen LogP contribution in [-0.2, 0) is 4.79 Å². The number of nitrogens with zero attached hydrogens (tertiary/aromatic N) is 4. The summed E-state index contributed by atoms with van der Waals surface area (Å²) in [6.07, 6.45) is 3.49. The van der Waals surface area contributed by atoms with Crippen LogP contribution in [0.15, 0.2) is 0 Å². The number of hydrogen-bond acceptors (Lipinski definition) is 9. The topological polar surface area (TPSA) is 113 Å². The first kappa shape index (κ1) is 17.2. The van der Waals surface area contributed by atoms with E-state index >= 15 is 0 Å². The van der Waals surface area contributed by atoms with Crippen molar-refractivity contribution in [3.05, 3.63) is 10.0 Å². The summed E-state index contributed by atoms with van der Waals surface area (Å²) in [5.74, 6) is 0.676. The molecule has 0 aliphatic heterocycles. The third-order valence-electron chi connectivity index (χ3n) is 3.92. The first-order valence-electron chi connectivity index (χ1n) is 7.90. The molecule has 1 unspecified atom stereocenters. The Morgan fingerprint density at radius 3 is 2.04 bits per heavy atom. The van der Waals surface area contributed by atoms with Gasteiger partial charge < -0.3 is 15.7 Å². The summed E-state index contributed by atoms with van der Waals surface area (Å²) >= 11 is 2.97. The number of carbonyl (C=O) groups is 1. The molecular weight excluding hydrogens is 348 g/mol. The monoisotopic (exact) mass is 368 g/mol. The van der Waals surface area contributed by atoms with Crippen molar-refractivity contribution < 1.29 is 9.90 Å². The van der Waals surface area contributed by atoms with Crippen LogP contribution in [0.2, 0.25) is 0 Å². The van der Waals surface area contributed by atoms with Crippen molar-refractivity contribution in [1.29, 1.82) is 0 Å². The fourth-order valence-corrected chi connectivity index (χ4v) is 4.78. The molecule has 2 aromatic heterocycles. The Hall–Kier alpha value is -1.65. The Balaban J connectivity index is 1.56. The number of aliphatic hydroxyl groups is 1. The van der Waals surface area contributed by atoms with Gasteiger partial charge in [0, 0.05) is 18.8 Å². The molecule has 130 valence electrons. The molecule has 3 N–H and O–H groups in total. The van der Waals surface area contributed by atoms with Crippen molar-refractivity contribution in [3.63, 3.8) is 0 Å². The van der Waals surface area contributed by atoms with Gasteiger partial charge in [-0.25, -0.2) is 0 Å². The van der Waals surface area contributed by atoms with Crippen LogP contribution in [-0.4, -0.2) is 37.6 Å². The van der Waals surface area contributed by atoms with E-state index in [-0.39, 0.29) is 5.91 Å². The van der Waals surface area contributed by atoms with Crippen LogP contribution in [0.5, 0.6) is 0 Å². The smallest absolute Gasteiger partial charge is 0.223 e. The number of aliphatic hydroxyl groups excluding tert-OH is 1. The van der Waals surface area contributed by atoms with E-state index in [1.165, 1.54) is 29.6 Å². The van der Waals surface area contributed by atoms with Gasteiger partial charge in [-0.3, -0.25) is 4.79 Å². The normalized spacial score (nSPS) is 22.1. The van der Waals surface area contributed by atoms with Crippen LogP contribution < -0.4 is 10.6 Å². The van der Waals surface area contributed by atoms with E-state index in [2.05, 4.69) is 31.0 Å². The minimum Gasteiger partial charge on any atom is -0.374 e. The third-order valence-corrected chi connectivity index (χ3v) is 5.94. The Morgan fingerprint density at radius 2 is 1.54 bits per heavy atom. The minimum absolute atomic E-state index is 0.126. The van der Waals surface area contributed by atoms with Crippen LogP contribution in [0.25, 0.3) is 0 Å². The fourth-order valence-electron chi connectivity index (χ4n) is 2.82. The molecule has 0 aromatic carbocycles. The van der Waals surface area contributed by atoms with Gasteiger partial charge >= 0.3 is 0 Å². The second-order valence-corrected chi connectivity index (χ2v) is 7.96. The van der Waals surface area contributed by atoms with Crippen LogP contribution in [0, 0.1) is 0 Å². The molecule has 0 bridgehead atoms. The quantitative estimate of drug-likeness (QED) is 0.695. The Bertz CT molecular complexity index is 693. The highest BCUT2D eigenvalue weighted by Gasteiger charge is 2.28. The summed E-state index contributed by atoms with van der Waals surface area (Å²) in [5.41, 5.74) is 0. The molecule has 0 spiro atoms. The third kappa shape index (κ3) is 4.25. The standard InChI is InChI=1S/C14H20N6O2S2/c1-7(21)15-13-19-17-11(23-13)9-3-5-10(6-4-9)12-18-20-14(24-12)16-8(2)22/h7,9-10,21H,3-6H2,1-2H3,(H,15,19)(H,16,20,22). The molecule has 1 fully saturated rings. The first-order chi connectivity index (χ1) is 11.5. The second kappa shape index (κ2) is 7.49. The van der Waals surface area contributed by atoms with Crippen molar-refractivity contribution in [3.8, 4) is 0 Å². The molecule has 1 saturated carbocycles. The van der Waals surface area contributed by atoms with E-state index in [9.17, 15) is 9.90 Å². The molecule has 2 aromatic rings. The van der Waals surface area contributed by atoms with E-state index in [4.69, 9.17) is 0 Å². The molecule has 1 atom stereocenters. The van der Waals surface area contributed by atoms with Gasteiger partial charge in [0.1, 0.15) is 16.2 Å². The number of amides is 1. The second-order valence-electron chi connectivity index (χ2n) is 5.94. The highest BCUT2D eigenvalue weighted by Crippen LogP contribution is 2.42. The average Bonchev–Trinajstić information content (AvgIpc) is 3.16. The number of carbonyl (C=O) groups excluding carboxylic acids is 1. The van der Waals surface area contributed by atoms with Crippen molar-refractivity contribution >= 4 is 38.8 Å². The summed E-state index contributed by atoms with van der Waals surface area (Å²) in [6, 6.07) is 0. The molecule has 24 heavy (non-hydrogen) atoms. The zero-order chi connectivity index (χ0) is 17.1. The summed E-state index contributed by atoms with van der Waals surface area (Å²) in [4.78, 5) is 11.1. The van der Waals surface area contributed by atoms with Gasteiger partial charge in [-0.1, -0.05) is 22.7 Å². The summed E-state index contributed by atoms with van der Waals surface area (Å²) in [5, 5.41) is 34.7. The maximum absolute atomic E-state index is 11.1. The van der Waals surface area contributed by atoms with E-state index in [0.29, 0.717) is 22.1 Å². The number of rotatable bonds is 5. The minimum atomic E-state index is -0.628. The maximum atomic E-state index is 11.1. The van der Waals surface area contributed by atoms with Gasteiger partial charge in [0.15, 0.2) is 0 Å². The van der Waals surface area contributed by atoms with Crippen molar-refractivity contribution in [2.75, 3.05) is 10.6 Å².